The first-order chi connectivity index (χ1) is 14.6. The molecule has 3 aliphatic rings. The smallest absolute Gasteiger partial charge is 0.230 e. The highest BCUT2D eigenvalue weighted by atomic mass is 32.1. The lowest BCUT2D eigenvalue weighted by molar-refractivity contribution is -0.134. The Bertz CT molecular complexity index is 976. The van der Waals surface area contributed by atoms with Crippen molar-refractivity contribution < 1.29 is 9.59 Å². The molecule has 3 N–H and O–H groups in total. The first-order valence-electron chi connectivity index (χ1n) is 11.2. The molecule has 0 aromatic carbocycles. The van der Waals surface area contributed by atoms with E-state index in [1.807, 2.05) is 4.90 Å². The molecule has 30 heavy (non-hydrogen) atoms. The summed E-state index contributed by atoms with van der Waals surface area (Å²) in [5.41, 5.74) is 6.83. The predicted molar refractivity (Wildman–Crippen MR) is 117 cm³/mol. The number of rotatable bonds is 6. The van der Waals surface area contributed by atoms with Gasteiger partial charge >= 0.3 is 0 Å². The third-order valence-electron chi connectivity index (χ3n) is 6.68. The lowest BCUT2D eigenvalue weighted by Crippen LogP contribution is -2.42. The molecule has 0 bridgehead atoms. The molecule has 5 rings (SSSR count). The van der Waals surface area contributed by atoms with Gasteiger partial charge in [-0.1, -0.05) is 0 Å². The first kappa shape index (κ1) is 19.7. The minimum Gasteiger partial charge on any atom is -0.369 e. The summed E-state index contributed by atoms with van der Waals surface area (Å²) >= 11 is 1.78. The third-order valence-corrected chi connectivity index (χ3v) is 7.86. The van der Waals surface area contributed by atoms with Gasteiger partial charge in [0.1, 0.15) is 16.5 Å². The Morgan fingerprint density at radius 3 is 2.60 bits per heavy atom. The van der Waals surface area contributed by atoms with Gasteiger partial charge in [-0.05, 0) is 62.8 Å². The van der Waals surface area contributed by atoms with E-state index in [0.29, 0.717) is 31.8 Å². The average Bonchev–Trinajstić information content (AvgIpc) is 3.50. The quantitative estimate of drug-likeness (QED) is 0.738. The van der Waals surface area contributed by atoms with Crippen LogP contribution in [0.4, 0.5) is 5.82 Å². The first-order valence-corrected chi connectivity index (χ1v) is 12.0. The molecule has 7 nitrogen and oxygen atoms in total. The fourth-order valence-electron chi connectivity index (χ4n) is 4.63. The number of primary amides is 1. The Labute approximate surface area is 180 Å². The van der Waals surface area contributed by atoms with Crippen LogP contribution in [0.5, 0.6) is 0 Å². The molecule has 2 aromatic heterocycles. The van der Waals surface area contributed by atoms with Gasteiger partial charge in [0, 0.05) is 30.4 Å². The number of hydrogen-bond acceptors (Lipinski definition) is 6. The number of likely N-dealkylation sites (tertiary alicyclic amines) is 1. The molecule has 0 atom stereocenters. The second kappa shape index (κ2) is 8.13. The van der Waals surface area contributed by atoms with Crippen molar-refractivity contribution in [1.29, 1.82) is 0 Å². The van der Waals surface area contributed by atoms with Crippen molar-refractivity contribution in [1.82, 2.24) is 14.9 Å². The van der Waals surface area contributed by atoms with Crippen molar-refractivity contribution in [2.45, 2.75) is 57.8 Å². The molecular formula is C22H29N5O2S. The number of anilines is 1. The Morgan fingerprint density at radius 2 is 1.87 bits per heavy atom. The molecule has 0 radical (unpaired) electrons. The van der Waals surface area contributed by atoms with Crippen LogP contribution < -0.4 is 11.1 Å². The predicted octanol–water partition coefficient (Wildman–Crippen LogP) is 2.66. The van der Waals surface area contributed by atoms with E-state index in [4.69, 9.17) is 15.7 Å². The van der Waals surface area contributed by atoms with Gasteiger partial charge in [0.05, 0.1) is 11.8 Å². The second-order valence-corrected chi connectivity index (χ2v) is 10.0. The molecule has 1 aliphatic heterocycles. The average molecular weight is 428 g/mol. The number of piperidine rings is 1. The number of aromatic nitrogens is 2. The number of thiophene rings is 1. The molecule has 2 aliphatic carbocycles. The highest BCUT2D eigenvalue weighted by Gasteiger charge is 2.28. The van der Waals surface area contributed by atoms with Crippen LogP contribution in [0.15, 0.2) is 0 Å². The molecule has 0 unspecified atom stereocenters. The lowest BCUT2D eigenvalue weighted by atomic mass is 9.96. The SMILES string of the molecule is NC(=O)C1CCN(C(=O)Cc2nc(NCC3CC3)c3c4c(sc3n2)CCCC4)CC1. The molecule has 1 saturated carbocycles. The van der Waals surface area contributed by atoms with Crippen molar-refractivity contribution in [3.05, 3.63) is 16.3 Å². The maximum Gasteiger partial charge on any atom is 0.230 e. The van der Waals surface area contributed by atoms with Crippen molar-refractivity contribution >= 4 is 39.2 Å². The minimum atomic E-state index is -0.260. The summed E-state index contributed by atoms with van der Waals surface area (Å²) in [5.74, 6) is 1.93. The normalized spacial score (nSPS) is 19.7. The van der Waals surface area contributed by atoms with Gasteiger partial charge in [-0.15, -0.1) is 11.3 Å². The van der Waals surface area contributed by atoms with Gasteiger partial charge < -0.3 is 16.0 Å². The van der Waals surface area contributed by atoms with Gasteiger partial charge in [-0.25, -0.2) is 9.97 Å². The number of carbonyl (C=O) groups excluding carboxylic acids is 2. The zero-order chi connectivity index (χ0) is 20.7. The summed E-state index contributed by atoms with van der Waals surface area (Å²) in [7, 11) is 0. The Morgan fingerprint density at radius 1 is 1.10 bits per heavy atom. The highest BCUT2D eigenvalue weighted by molar-refractivity contribution is 7.19. The van der Waals surface area contributed by atoms with Gasteiger partial charge in [0.15, 0.2) is 0 Å². The third kappa shape index (κ3) is 4.02. The summed E-state index contributed by atoms with van der Waals surface area (Å²) in [6, 6.07) is 0. The number of nitrogens with one attached hydrogen (secondary N) is 1. The van der Waals surface area contributed by atoms with Crippen LogP contribution in [-0.4, -0.2) is 46.3 Å². The molecule has 2 amide bonds. The molecule has 8 heteroatoms. The number of aryl methyl sites for hydroxylation is 2. The maximum atomic E-state index is 12.9. The maximum absolute atomic E-state index is 12.9. The van der Waals surface area contributed by atoms with Crippen LogP contribution in [0.2, 0.25) is 0 Å². The van der Waals surface area contributed by atoms with E-state index < -0.39 is 0 Å². The van der Waals surface area contributed by atoms with E-state index in [9.17, 15) is 9.59 Å². The van der Waals surface area contributed by atoms with Gasteiger partial charge in [0.2, 0.25) is 11.8 Å². The Hall–Kier alpha value is -2.22. The highest BCUT2D eigenvalue weighted by Crippen LogP contribution is 2.39. The molecule has 2 fully saturated rings. The Kier molecular flexibility index (Phi) is 5.35. The minimum absolute atomic E-state index is 0.0340. The number of carbonyl (C=O) groups is 2. The molecule has 0 spiro atoms. The van der Waals surface area contributed by atoms with E-state index in [0.717, 1.165) is 36.0 Å². The van der Waals surface area contributed by atoms with Crippen molar-refractivity contribution in [3.8, 4) is 0 Å². The second-order valence-electron chi connectivity index (χ2n) is 8.94. The van der Waals surface area contributed by atoms with E-state index >= 15 is 0 Å². The van der Waals surface area contributed by atoms with E-state index in [1.165, 1.54) is 41.5 Å². The van der Waals surface area contributed by atoms with Gasteiger partial charge in [-0.2, -0.15) is 0 Å². The van der Waals surface area contributed by atoms with Crippen LogP contribution in [0, 0.1) is 11.8 Å². The van der Waals surface area contributed by atoms with Crippen LogP contribution >= 0.6 is 11.3 Å². The fourth-order valence-corrected chi connectivity index (χ4v) is 5.91. The van der Waals surface area contributed by atoms with Crippen molar-refractivity contribution in [2.24, 2.45) is 17.6 Å². The molecule has 160 valence electrons. The molecule has 1 saturated heterocycles. The summed E-state index contributed by atoms with van der Waals surface area (Å²) < 4.78 is 0. The van der Waals surface area contributed by atoms with Crippen LogP contribution in [0.1, 0.15) is 54.8 Å². The van der Waals surface area contributed by atoms with Crippen LogP contribution in [0.3, 0.4) is 0 Å². The Balaban J connectivity index is 1.37. The number of amides is 2. The summed E-state index contributed by atoms with van der Waals surface area (Å²) in [5, 5.41) is 4.77. The topological polar surface area (TPSA) is 101 Å². The summed E-state index contributed by atoms with van der Waals surface area (Å²) in [6.45, 7) is 2.11. The number of fused-ring (bicyclic) bond motifs is 3. The van der Waals surface area contributed by atoms with Crippen LogP contribution in [-0.2, 0) is 28.9 Å². The summed E-state index contributed by atoms with van der Waals surface area (Å²) in [4.78, 5) is 38.2. The number of hydrogen-bond donors (Lipinski definition) is 2. The van der Waals surface area contributed by atoms with E-state index in [2.05, 4.69) is 5.32 Å². The standard InChI is InChI=1S/C22H29N5O2S/c23-20(29)14-7-9-27(10-8-14)18(28)11-17-25-21(24-12-13-5-6-13)19-15-3-1-2-4-16(15)30-22(19)26-17/h13-14H,1-12H2,(H2,23,29)(H,24,25,26). The largest absolute Gasteiger partial charge is 0.369 e. The van der Waals surface area contributed by atoms with Crippen molar-refractivity contribution in [2.75, 3.05) is 25.0 Å². The van der Waals surface area contributed by atoms with E-state index in [1.54, 1.807) is 11.3 Å². The number of nitrogens with two attached hydrogens (primary N) is 1. The number of nitrogens with zero attached hydrogens (tertiary/aromatic N) is 3. The zero-order valence-electron chi connectivity index (χ0n) is 17.3. The fraction of sp³-hybridized carbons (Fsp3) is 0.636. The molecule has 3 heterocycles. The van der Waals surface area contributed by atoms with Crippen LogP contribution in [0.25, 0.3) is 10.2 Å². The summed E-state index contributed by atoms with van der Waals surface area (Å²) in [6.07, 6.45) is 8.76. The van der Waals surface area contributed by atoms with E-state index in [-0.39, 0.29) is 24.2 Å². The van der Waals surface area contributed by atoms with Gasteiger partial charge in [-0.3, -0.25) is 9.59 Å². The zero-order valence-corrected chi connectivity index (χ0v) is 18.1. The van der Waals surface area contributed by atoms with Gasteiger partial charge in [0.25, 0.3) is 0 Å². The lowest BCUT2D eigenvalue weighted by Gasteiger charge is -2.30. The molecular weight excluding hydrogens is 398 g/mol. The monoisotopic (exact) mass is 427 g/mol. The van der Waals surface area contributed by atoms with Crippen molar-refractivity contribution in [3.63, 3.8) is 0 Å². The molecule has 2 aromatic rings.